The Morgan fingerprint density at radius 2 is 1.63 bits per heavy atom. The van der Waals surface area contributed by atoms with Crippen molar-refractivity contribution in [2.45, 2.75) is 24.1 Å². The van der Waals surface area contributed by atoms with Gasteiger partial charge in [0.1, 0.15) is 13.2 Å². The number of carbonyl (C=O) groups excluding carboxylic acids is 2. The number of sulfonamides is 1. The largest absolute Gasteiger partial charge is 0.486 e. The lowest BCUT2D eigenvalue weighted by Gasteiger charge is -2.19. The Bertz CT molecular complexity index is 1480. The fraction of sp³-hybridized carbons (Fsp3) is 0.200. The van der Waals surface area contributed by atoms with Gasteiger partial charge in [0.2, 0.25) is 0 Å². The highest BCUT2D eigenvalue weighted by Crippen LogP contribution is 2.33. The molecule has 9 nitrogen and oxygen atoms in total. The van der Waals surface area contributed by atoms with Crippen molar-refractivity contribution >= 4 is 33.3 Å². The lowest BCUT2D eigenvalue weighted by molar-refractivity contribution is -0.137. The molecule has 2 N–H and O–H groups in total. The zero-order chi connectivity index (χ0) is 27.5. The summed E-state index contributed by atoms with van der Waals surface area (Å²) in [6, 6.07) is 13.1. The Morgan fingerprint density at radius 1 is 0.921 bits per heavy atom. The number of ether oxygens (including phenoxy) is 3. The number of amides is 1. The molecule has 1 amide bonds. The van der Waals surface area contributed by atoms with Crippen LogP contribution in [0.25, 0.3) is 0 Å². The highest BCUT2D eigenvalue weighted by molar-refractivity contribution is 7.92. The first-order valence-corrected chi connectivity index (χ1v) is 12.6. The van der Waals surface area contributed by atoms with Crippen LogP contribution in [0.1, 0.15) is 22.8 Å². The molecule has 1 aliphatic heterocycles. The van der Waals surface area contributed by atoms with Crippen LogP contribution < -0.4 is 19.5 Å². The molecular formula is C25H21F3N2O7S. The monoisotopic (exact) mass is 550 g/mol. The molecule has 0 fully saturated rings. The summed E-state index contributed by atoms with van der Waals surface area (Å²) in [7, 11) is -4.35. The highest BCUT2D eigenvalue weighted by atomic mass is 32.2. The van der Waals surface area contributed by atoms with Gasteiger partial charge in [0, 0.05) is 17.4 Å². The van der Waals surface area contributed by atoms with Crippen molar-refractivity contribution in [3.05, 3.63) is 77.9 Å². The third-order valence-corrected chi connectivity index (χ3v) is 6.66. The molecule has 0 radical (unpaired) electrons. The standard InChI is InChI=1S/C25H21F3N2O7S/c1-15(23(31)29-18-8-9-21-22(14-18)36-11-10-35-21)37-24(32)16-4-2-7-20(12-16)38(33,34)30-19-6-3-5-17(13-19)25(26,27)28/h2-9,12-15,30H,10-11H2,1H3,(H,29,31)/t15-/m1/s1. The average Bonchev–Trinajstić information content (AvgIpc) is 2.88. The van der Waals surface area contributed by atoms with Gasteiger partial charge in [0.25, 0.3) is 15.9 Å². The highest BCUT2D eigenvalue weighted by Gasteiger charge is 2.31. The van der Waals surface area contributed by atoms with E-state index in [1.807, 2.05) is 0 Å². The van der Waals surface area contributed by atoms with E-state index in [4.69, 9.17) is 14.2 Å². The number of alkyl halides is 3. The van der Waals surface area contributed by atoms with Gasteiger partial charge in [-0.15, -0.1) is 0 Å². The van der Waals surface area contributed by atoms with Gasteiger partial charge < -0.3 is 19.5 Å². The van der Waals surface area contributed by atoms with E-state index in [0.29, 0.717) is 36.5 Å². The number of rotatable bonds is 7. The smallest absolute Gasteiger partial charge is 0.416 e. The summed E-state index contributed by atoms with van der Waals surface area (Å²) in [4.78, 5) is 24.8. The molecule has 200 valence electrons. The van der Waals surface area contributed by atoms with E-state index < -0.39 is 44.6 Å². The summed E-state index contributed by atoms with van der Waals surface area (Å²) in [5.41, 5.74) is -1.14. The molecule has 0 aromatic heterocycles. The molecular weight excluding hydrogens is 529 g/mol. The Balaban J connectivity index is 1.42. The molecule has 0 bridgehead atoms. The summed E-state index contributed by atoms with van der Waals surface area (Å²) >= 11 is 0. The predicted octanol–water partition coefficient (Wildman–Crippen LogP) is 4.46. The van der Waals surface area contributed by atoms with E-state index in [1.165, 1.54) is 19.1 Å². The van der Waals surface area contributed by atoms with Crippen LogP contribution in [0.15, 0.2) is 71.6 Å². The van der Waals surface area contributed by atoms with Crippen LogP contribution in [0.5, 0.6) is 11.5 Å². The maximum Gasteiger partial charge on any atom is 0.416 e. The predicted molar refractivity (Wildman–Crippen MR) is 130 cm³/mol. The number of hydrogen-bond acceptors (Lipinski definition) is 7. The van der Waals surface area contributed by atoms with Crippen molar-refractivity contribution in [1.29, 1.82) is 0 Å². The fourth-order valence-corrected chi connectivity index (χ4v) is 4.51. The van der Waals surface area contributed by atoms with Crippen molar-refractivity contribution in [2.24, 2.45) is 0 Å². The number of benzene rings is 3. The number of halogens is 3. The fourth-order valence-electron chi connectivity index (χ4n) is 3.41. The van der Waals surface area contributed by atoms with Crippen LogP contribution in [-0.2, 0) is 25.7 Å². The first kappa shape index (κ1) is 26.8. The van der Waals surface area contributed by atoms with Gasteiger partial charge in [0.15, 0.2) is 17.6 Å². The number of esters is 1. The van der Waals surface area contributed by atoms with Crippen molar-refractivity contribution in [1.82, 2.24) is 0 Å². The third kappa shape index (κ3) is 6.35. The third-order valence-electron chi connectivity index (χ3n) is 5.28. The van der Waals surface area contributed by atoms with E-state index in [1.54, 1.807) is 18.2 Å². The average molecular weight is 551 g/mol. The van der Waals surface area contributed by atoms with Gasteiger partial charge in [-0.1, -0.05) is 12.1 Å². The minimum absolute atomic E-state index is 0.184. The van der Waals surface area contributed by atoms with Crippen LogP contribution in [0.3, 0.4) is 0 Å². The lowest BCUT2D eigenvalue weighted by Crippen LogP contribution is -2.30. The molecule has 1 heterocycles. The molecule has 38 heavy (non-hydrogen) atoms. The van der Waals surface area contributed by atoms with Crippen LogP contribution >= 0.6 is 0 Å². The van der Waals surface area contributed by atoms with Crippen molar-refractivity contribution < 1.29 is 45.4 Å². The zero-order valence-corrected chi connectivity index (χ0v) is 20.6. The van der Waals surface area contributed by atoms with Gasteiger partial charge in [-0.2, -0.15) is 13.2 Å². The van der Waals surface area contributed by atoms with Crippen LogP contribution in [0, 0.1) is 0 Å². The van der Waals surface area contributed by atoms with Crippen molar-refractivity contribution in [3.63, 3.8) is 0 Å². The summed E-state index contributed by atoms with van der Waals surface area (Å²) in [5, 5.41) is 2.59. The number of fused-ring (bicyclic) bond motifs is 1. The SMILES string of the molecule is C[C@@H](OC(=O)c1cccc(S(=O)(=O)Nc2cccc(C(F)(F)F)c2)c1)C(=O)Nc1ccc2c(c1)OCCO2. The molecule has 3 aromatic carbocycles. The Morgan fingerprint density at radius 3 is 2.37 bits per heavy atom. The molecule has 0 saturated carbocycles. The number of carbonyl (C=O) groups is 2. The van der Waals surface area contributed by atoms with Gasteiger partial charge in [-0.3, -0.25) is 9.52 Å². The second-order valence-electron chi connectivity index (χ2n) is 8.11. The second-order valence-corrected chi connectivity index (χ2v) is 9.79. The van der Waals surface area contributed by atoms with E-state index in [2.05, 4.69) is 10.0 Å². The summed E-state index contributed by atoms with van der Waals surface area (Å²) < 4.78 is 82.4. The summed E-state index contributed by atoms with van der Waals surface area (Å²) in [5.74, 6) is -0.641. The van der Waals surface area contributed by atoms with Crippen LogP contribution in [0.4, 0.5) is 24.5 Å². The van der Waals surface area contributed by atoms with E-state index >= 15 is 0 Å². The topological polar surface area (TPSA) is 120 Å². The van der Waals surface area contributed by atoms with Crippen molar-refractivity contribution in [3.8, 4) is 11.5 Å². The summed E-state index contributed by atoms with van der Waals surface area (Å²) in [6.45, 7) is 2.11. The Kier molecular flexibility index (Phi) is 7.49. The molecule has 3 aromatic rings. The number of nitrogens with one attached hydrogen (secondary N) is 2. The lowest BCUT2D eigenvalue weighted by atomic mass is 10.2. The van der Waals surface area contributed by atoms with E-state index in [-0.39, 0.29) is 11.3 Å². The molecule has 4 rings (SSSR count). The van der Waals surface area contributed by atoms with E-state index in [0.717, 1.165) is 30.3 Å². The quantitative estimate of drug-likeness (QED) is 0.417. The Hall–Kier alpha value is -4.26. The number of hydrogen-bond donors (Lipinski definition) is 2. The first-order chi connectivity index (χ1) is 17.9. The normalized spacial score (nSPS) is 13.8. The first-order valence-electron chi connectivity index (χ1n) is 11.1. The maximum absolute atomic E-state index is 12.9. The van der Waals surface area contributed by atoms with Gasteiger partial charge in [-0.25, -0.2) is 13.2 Å². The van der Waals surface area contributed by atoms with Gasteiger partial charge >= 0.3 is 12.1 Å². The minimum atomic E-state index is -4.66. The molecule has 1 aliphatic rings. The van der Waals surface area contributed by atoms with Crippen LogP contribution in [-0.4, -0.2) is 39.6 Å². The van der Waals surface area contributed by atoms with E-state index in [9.17, 15) is 31.2 Å². The van der Waals surface area contributed by atoms with Gasteiger partial charge in [-0.05, 0) is 55.5 Å². The zero-order valence-electron chi connectivity index (χ0n) is 19.7. The molecule has 1 atom stereocenters. The number of anilines is 2. The van der Waals surface area contributed by atoms with Gasteiger partial charge in [0.05, 0.1) is 16.0 Å². The van der Waals surface area contributed by atoms with Crippen LogP contribution in [0.2, 0.25) is 0 Å². The molecule has 0 aliphatic carbocycles. The summed E-state index contributed by atoms with van der Waals surface area (Å²) in [6.07, 6.45) is -5.91. The molecule has 0 spiro atoms. The molecule has 0 saturated heterocycles. The maximum atomic E-state index is 12.9. The second kappa shape index (κ2) is 10.6. The minimum Gasteiger partial charge on any atom is -0.486 e. The molecule has 13 heteroatoms. The Labute approximate surface area is 215 Å². The van der Waals surface area contributed by atoms with Crippen molar-refractivity contribution in [2.75, 3.05) is 23.3 Å². The molecule has 0 unspecified atom stereocenters.